The van der Waals surface area contributed by atoms with Crippen molar-refractivity contribution in [2.45, 2.75) is 13.1 Å². The van der Waals surface area contributed by atoms with Gasteiger partial charge in [0.05, 0.1) is 17.4 Å². The highest BCUT2D eigenvalue weighted by Crippen LogP contribution is 2.08. The standard InChI is InChI=1S/C17H17N3O/c1-20(11-13-7-3-2-4-8-13)12-16-18-15-10-6-5-9-14(15)17(21)19-16/h2-10H,11-12H2,1H3,(H,18,19,21). The highest BCUT2D eigenvalue weighted by molar-refractivity contribution is 5.77. The Bertz CT molecular complexity index is 796. The van der Waals surface area contributed by atoms with E-state index >= 15 is 0 Å². The van der Waals surface area contributed by atoms with E-state index in [-0.39, 0.29) is 5.56 Å². The third-order valence-corrected chi connectivity index (χ3v) is 3.38. The van der Waals surface area contributed by atoms with Gasteiger partial charge in [-0.2, -0.15) is 0 Å². The van der Waals surface area contributed by atoms with Crippen LogP contribution in [0.1, 0.15) is 11.4 Å². The number of fused-ring (bicyclic) bond motifs is 1. The fourth-order valence-corrected chi connectivity index (χ4v) is 2.42. The minimum absolute atomic E-state index is 0.0799. The van der Waals surface area contributed by atoms with Crippen LogP contribution in [0.15, 0.2) is 59.4 Å². The van der Waals surface area contributed by atoms with E-state index in [1.54, 1.807) is 6.07 Å². The highest BCUT2D eigenvalue weighted by Gasteiger charge is 2.06. The molecular formula is C17H17N3O. The molecule has 0 saturated heterocycles. The number of hydrogen-bond acceptors (Lipinski definition) is 3. The van der Waals surface area contributed by atoms with Gasteiger partial charge in [0, 0.05) is 6.54 Å². The van der Waals surface area contributed by atoms with E-state index in [9.17, 15) is 4.79 Å². The van der Waals surface area contributed by atoms with Crippen LogP contribution in [0.4, 0.5) is 0 Å². The van der Waals surface area contributed by atoms with Crippen LogP contribution in [0.3, 0.4) is 0 Å². The molecule has 0 bridgehead atoms. The molecule has 0 aliphatic rings. The first-order chi connectivity index (χ1) is 10.2. The highest BCUT2D eigenvalue weighted by atomic mass is 16.1. The summed E-state index contributed by atoms with van der Waals surface area (Å²) >= 11 is 0. The molecule has 0 spiro atoms. The van der Waals surface area contributed by atoms with Crippen LogP contribution in [0, 0.1) is 0 Å². The Kier molecular flexibility index (Phi) is 3.79. The molecule has 0 unspecified atom stereocenters. The van der Waals surface area contributed by atoms with Gasteiger partial charge >= 0.3 is 0 Å². The van der Waals surface area contributed by atoms with E-state index in [2.05, 4.69) is 27.0 Å². The van der Waals surface area contributed by atoms with Gasteiger partial charge in [0.1, 0.15) is 5.82 Å². The van der Waals surface area contributed by atoms with Crippen molar-refractivity contribution in [3.8, 4) is 0 Å². The Morgan fingerprint density at radius 1 is 1.00 bits per heavy atom. The number of hydrogen-bond donors (Lipinski definition) is 1. The van der Waals surface area contributed by atoms with Crippen LogP contribution in [0.2, 0.25) is 0 Å². The summed E-state index contributed by atoms with van der Waals surface area (Å²) in [4.78, 5) is 21.5. The van der Waals surface area contributed by atoms with Gasteiger partial charge in [-0.15, -0.1) is 0 Å². The number of H-pyrrole nitrogens is 1. The second kappa shape index (κ2) is 5.89. The van der Waals surface area contributed by atoms with E-state index < -0.39 is 0 Å². The third-order valence-electron chi connectivity index (χ3n) is 3.38. The van der Waals surface area contributed by atoms with Gasteiger partial charge in [-0.05, 0) is 24.7 Å². The molecule has 0 aliphatic heterocycles. The van der Waals surface area contributed by atoms with E-state index in [1.165, 1.54) is 5.56 Å². The van der Waals surface area contributed by atoms with Gasteiger partial charge in [-0.25, -0.2) is 4.98 Å². The number of aromatic nitrogens is 2. The molecule has 0 aliphatic carbocycles. The van der Waals surface area contributed by atoms with Crippen LogP contribution < -0.4 is 5.56 Å². The summed E-state index contributed by atoms with van der Waals surface area (Å²) in [6, 6.07) is 17.6. The number of benzene rings is 2. The number of rotatable bonds is 4. The average Bonchev–Trinajstić information content (AvgIpc) is 2.48. The molecular weight excluding hydrogens is 262 g/mol. The number of para-hydroxylation sites is 1. The first-order valence-corrected chi connectivity index (χ1v) is 6.93. The molecule has 2 aromatic carbocycles. The molecule has 1 aromatic heterocycles. The summed E-state index contributed by atoms with van der Waals surface area (Å²) in [5.41, 5.74) is 1.90. The molecule has 1 heterocycles. The maximum Gasteiger partial charge on any atom is 0.258 e. The maximum absolute atomic E-state index is 12.0. The number of nitrogens with one attached hydrogen (secondary N) is 1. The number of aromatic amines is 1. The van der Waals surface area contributed by atoms with Crippen molar-refractivity contribution >= 4 is 10.9 Å². The molecule has 4 nitrogen and oxygen atoms in total. The monoisotopic (exact) mass is 279 g/mol. The second-order valence-electron chi connectivity index (χ2n) is 5.19. The lowest BCUT2D eigenvalue weighted by atomic mass is 10.2. The van der Waals surface area contributed by atoms with Crippen molar-refractivity contribution in [1.29, 1.82) is 0 Å². The molecule has 1 N–H and O–H groups in total. The Morgan fingerprint density at radius 3 is 2.52 bits per heavy atom. The zero-order chi connectivity index (χ0) is 14.7. The number of nitrogens with zero attached hydrogens (tertiary/aromatic N) is 2. The zero-order valence-electron chi connectivity index (χ0n) is 11.9. The summed E-state index contributed by atoms with van der Waals surface area (Å²) in [7, 11) is 2.02. The molecule has 21 heavy (non-hydrogen) atoms. The molecule has 0 atom stereocenters. The molecule has 0 amide bonds. The van der Waals surface area contributed by atoms with E-state index in [0.29, 0.717) is 17.8 Å². The molecule has 0 saturated carbocycles. The van der Waals surface area contributed by atoms with E-state index in [4.69, 9.17) is 0 Å². The maximum atomic E-state index is 12.0. The lowest BCUT2D eigenvalue weighted by Gasteiger charge is -2.16. The Morgan fingerprint density at radius 2 is 1.71 bits per heavy atom. The minimum Gasteiger partial charge on any atom is -0.309 e. The van der Waals surface area contributed by atoms with Crippen molar-refractivity contribution < 1.29 is 0 Å². The lowest BCUT2D eigenvalue weighted by molar-refractivity contribution is 0.311. The van der Waals surface area contributed by atoms with Crippen molar-refractivity contribution in [3.05, 3.63) is 76.3 Å². The SMILES string of the molecule is CN(Cc1ccccc1)Cc1nc2ccccc2c(=O)[nH]1. The predicted molar refractivity (Wildman–Crippen MR) is 84.0 cm³/mol. The summed E-state index contributed by atoms with van der Waals surface area (Å²) in [6.07, 6.45) is 0. The quantitative estimate of drug-likeness (QED) is 0.798. The smallest absolute Gasteiger partial charge is 0.258 e. The summed E-state index contributed by atoms with van der Waals surface area (Å²) in [6.45, 7) is 1.42. The first kappa shape index (κ1) is 13.5. The second-order valence-corrected chi connectivity index (χ2v) is 5.19. The van der Waals surface area contributed by atoms with Crippen molar-refractivity contribution in [2.75, 3.05) is 7.05 Å². The van der Waals surface area contributed by atoms with Gasteiger partial charge < -0.3 is 4.98 Å². The fraction of sp³-hybridized carbons (Fsp3) is 0.176. The molecule has 3 aromatic rings. The molecule has 106 valence electrons. The van der Waals surface area contributed by atoms with Crippen molar-refractivity contribution in [3.63, 3.8) is 0 Å². The average molecular weight is 279 g/mol. The molecule has 3 rings (SSSR count). The van der Waals surface area contributed by atoms with Crippen LogP contribution in [-0.2, 0) is 13.1 Å². The Balaban J connectivity index is 1.80. The van der Waals surface area contributed by atoms with Crippen LogP contribution in [0.5, 0.6) is 0 Å². The topological polar surface area (TPSA) is 49.0 Å². The van der Waals surface area contributed by atoms with E-state index in [1.807, 2.05) is 43.4 Å². The minimum atomic E-state index is -0.0799. The zero-order valence-corrected chi connectivity index (χ0v) is 11.9. The van der Waals surface area contributed by atoms with Crippen LogP contribution in [0.25, 0.3) is 10.9 Å². The predicted octanol–water partition coefficient (Wildman–Crippen LogP) is 2.56. The fourth-order valence-electron chi connectivity index (χ4n) is 2.42. The van der Waals surface area contributed by atoms with Gasteiger partial charge in [0.2, 0.25) is 0 Å². The Labute approximate surface area is 123 Å². The Hall–Kier alpha value is -2.46. The summed E-state index contributed by atoms with van der Waals surface area (Å²) in [5, 5.41) is 0.631. The lowest BCUT2D eigenvalue weighted by Crippen LogP contribution is -2.21. The molecule has 0 fully saturated rings. The first-order valence-electron chi connectivity index (χ1n) is 6.93. The van der Waals surface area contributed by atoms with Gasteiger partial charge in [-0.1, -0.05) is 42.5 Å². The van der Waals surface area contributed by atoms with Gasteiger partial charge in [0.25, 0.3) is 5.56 Å². The van der Waals surface area contributed by atoms with Gasteiger partial charge in [-0.3, -0.25) is 9.69 Å². The van der Waals surface area contributed by atoms with Crippen molar-refractivity contribution in [1.82, 2.24) is 14.9 Å². The normalized spacial score (nSPS) is 11.1. The largest absolute Gasteiger partial charge is 0.309 e. The van der Waals surface area contributed by atoms with Crippen LogP contribution in [-0.4, -0.2) is 21.9 Å². The molecule has 4 heteroatoms. The van der Waals surface area contributed by atoms with Crippen molar-refractivity contribution in [2.24, 2.45) is 0 Å². The summed E-state index contributed by atoms with van der Waals surface area (Å²) in [5.74, 6) is 0.692. The van der Waals surface area contributed by atoms with Crippen LogP contribution >= 0.6 is 0 Å². The summed E-state index contributed by atoms with van der Waals surface area (Å²) < 4.78 is 0. The van der Waals surface area contributed by atoms with E-state index in [0.717, 1.165) is 12.1 Å². The van der Waals surface area contributed by atoms with Gasteiger partial charge in [0.15, 0.2) is 0 Å². The molecule has 0 radical (unpaired) electrons. The third kappa shape index (κ3) is 3.17.